The van der Waals surface area contributed by atoms with Gasteiger partial charge in [-0.25, -0.2) is 0 Å². The highest BCUT2D eigenvalue weighted by atomic mass is 15.5. The SMILES string of the molecule is C=CCN1NC=C(C(=C)C)C(=NC2CC2)C1=C. The molecular weight excluding hydrogens is 210 g/mol. The third-order valence-corrected chi connectivity index (χ3v) is 2.85. The van der Waals surface area contributed by atoms with Crippen LogP contribution in [0.1, 0.15) is 19.8 Å². The first-order valence-electron chi connectivity index (χ1n) is 5.91. The maximum Gasteiger partial charge on any atom is 0.0913 e. The van der Waals surface area contributed by atoms with E-state index in [1.54, 1.807) is 0 Å². The summed E-state index contributed by atoms with van der Waals surface area (Å²) in [4.78, 5) is 4.74. The van der Waals surface area contributed by atoms with Crippen molar-refractivity contribution in [1.82, 2.24) is 10.4 Å². The molecule has 0 aromatic carbocycles. The van der Waals surface area contributed by atoms with Gasteiger partial charge in [-0.05, 0) is 25.3 Å². The lowest BCUT2D eigenvalue weighted by Crippen LogP contribution is -2.41. The summed E-state index contributed by atoms with van der Waals surface area (Å²) < 4.78 is 0. The van der Waals surface area contributed by atoms with E-state index in [0.717, 1.165) is 22.6 Å². The number of nitrogens with zero attached hydrogens (tertiary/aromatic N) is 2. The Hall–Kier alpha value is -1.77. The lowest BCUT2D eigenvalue weighted by atomic mass is 10.0. The van der Waals surface area contributed by atoms with Crippen LogP contribution in [0, 0.1) is 0 Å². The first kappa shape index (κ1) is 11.7. The van der Waals surface area contributed by atoms with E-state index >= 15 is 0 Å². The largest absolute Gasteiger partial charge is 0.305 e. The summed E-state index contributed by atoms with van der Waals surface area (Å²) in [5.74, 6) is 0. The van der Waals surface area contributed by atoms with Gasteiger partial charge in [0.2, 0.25) is 0 Å². The standard InChI is InChI=1S/C14H19N3/c1-5-8-17-11(4)14(16-12-6-7-12)13(9-15-17)10(2)3/h5,9,12,15H,1-2,4,6-8H2,3H3. The van der Waals surface area contributed by atoms with Gasteiger partial charge in [-0.1, -0.05) is 19.2 Å². The topological polar surface area (TPSA) is 27.6 Å². The summed E-state index contributed by atoms with van der Waals surface area (Å²) in [7, 11) is 0. The molecular formula is C14H19N3. The van der Waals surface area contributed by atoms with E-state index in [0.29, 0.717) is 12.6 Å². The second-order valence-corrected chi connectivity index (χ2v) is 4.52. The van der Waals surface area contributed by atoms with Crippen molar-refractivity contribution in [1.29, 1.82) is 0 Å². The fourth-order valence-electron chi connectivity index (χ4n) is 1.72. The normalized spacial score (nSPS) is 22.2. The van der Waals surface area contributed by atoms with Gasteiger partial charge >= 0.3 is 0 Å². The molecule has 0 aromatic heterocycles. The molecule has 1 saturated carbocycles. The summed E-state index contributed by atoms with van der Waals surface area (Å²) in [5.41, 5.74) is 7.12. The highest BCUT2D eigenvalue weighted by molar-refractivity contribution is 6.14. The molecule has 1 N–H and O–H groups in total. The van der Waals surface area contributed by atoms with E-state index in [1.807, 2.05) is 24.2 Å². The van der Waals surface area contributed by atoms with Gasteiger partial charge in [-0.15, -0.1) is 6.58 Å². The predicted octanol–water partition coefficient (Wildman–Crippen LogP) is 2.57. The number of hydrogen-bond acceptors (Lipinski definition) is 3. The Kier molecular flexibility index (Phi) is 3.18. The summed E-state index contributed by atoms with van der Waals surface area (Å²) in [6.45, 7) is 14.5. The quantitative estimate of drug-likeness (QED) is 0.750. The molecule has 1 heterocycles. The second-order valence-electron chi connectivity index (χ2n) is 4.52. The van der Waals surface area contributed by atoms with Gasteiger partial charge in [0.15, 0.2) is 0 Å². The number of hydrazine groups is 1. The molecule has 17 heavy (non-hydrogen) atoms. The number of allylic oxidation sites excluding steroid dienone is 2. The Labute approximate surface area is 103 Å². The maximum absolute atomic E-state index is 4.74. The van der Waals surface area contributed by atoms with Gasteiger partial charge in [-0.3, -0.25) is 10.0 Å². The molecule has 0 aromatic rings. The Morgan fingerprint density at radius 3 is 2.88 bits per heavy atom. The third-order valence-electron chi connectivity index (χ3n) is 2.85. The summed E-state index contributed by atoms with van der Waals surface area (Å²) in [6, 6.07) is 0.480. The number of aliphatic imine (C=N–C) groups is 1. The molecule has 0 amide bonds. The third kappa shape index (κ3) is 2.49. The average molecular weight is 229 g/mol. The van der Waals surface area contributed by atoms with Gasteiger partial charge in [-0.2, -0.15) is 0 Å². The van der Waals surface area contributed by atoms with Crippen LogP contribution < -0.4 is 5.43 Å². The minimum absolute atomic E-state index is 0.480. The van der Waals surface area contributed by atoms with Crippen molar-refractivity contribution < 1.29 is 0 Å². The first-order valence-corrected chi connectivity index (χ1v) is 5.91. The van der Waals surface area contributed by atoms with Crippen LogP contribution in [-0.4, -0.2) is 23.3 Å². The Morgan fingerprint density at radius 2 is 2.35 bits per heavy atom. The fourth-order valence-corrected chi connectivity index (χ4v) is 1.72. The molecule has 0 saturated heterocycles. The molecule has 1 aliphatic heterocycles. The maximum atomic E-state index is 4.74. The fraction of sp³-hybridized carbons (Fsp3) is 0.357. The molecule has 2 aliphatic rings. The van der Waals surface area contributed by atoms with Crippen LogP contribution in [0.3, 0.4) is 0 Å². The molecule has 0 spiro atoms. The van der Waals surface area contributed by atoms with Gasteiger partial charge in [0.1, 0.15) is 0 Å². The van der Waals surface area contributed by atoms with Crippen LogP contribution in [0.4, 0.5) is 0 Å². The minimum atomic E-state index is 0.480. The Balaban J connectivity index is 2.30. The Bertz CT molecular complexity index is 425. The Morgan fingerprint density at radius 1 is 1.65 bits per heavy atom. The molecule has 3 heteroatoms. The van der Waals surface area contributed by atoms with Crippen LogP contribution in [-0.2, 0) is 0 Å². The molecule has 3 nitrogen and oxygen atoms in total. The van der Waals surface area contributed by atoms with Crippen LogP contribution in [0.2, 0.25) is 0 Å². The van der Waals surface area contributed by atoms with Gasteiger partial charge < -0.3 is 5.43 Å². The molecule has 0 atom stereocenters. The first-order chi connectivity index (χ1) is 8.13. The average Bonchev–Trinajstić information content (AvgIpc) is 3.07. The van der Waals surface area contributed by atoms with Crippen LogP contribution in [0.5, 0.6) is 0 Å². The van der Waals surface area contributed by atoms with Crippen molar-refractivity contribution >= 4 is 5.71 Å². The van der Waals surface area contributed by atoms with Crippen LogP contribution >= 0.6 is 0 Å². The zero-order valence-corrected chi connectivity index (χ0v) is 10.4. The van der Waals surface area contributed by atoms with Gasteiger partial charge in [0, 0.05) is 11.8 Å². The monoisotopic (exact) mass is 229 g/mol. The lowest BCUT2D eigenvalue weighted by molar-refractivity contribution is 0.330. The summed E-state index contributed by atoms with van der Waals surface area (Å²) >= 11 is 0. The molecule has 2 rings (SSSR count). The molecule has 1 fully saturated rings. The van der Waals surface area contributed by atoms with E-state index in [2.05, 4.69) is 25.2 Å². The number of hydrogen-bond donors (Lipinski definition) is 1. The van der Waals surface area contributed by atoms with E-state index in [1.165, 1.54) is 12.8 Å². The van der Waals surface area contributed by atoms with Gasteiger partial charge in [0.05, 0.1) is 24.0 Å². The van der Waals surface area contributed by atoms with Gasteiger partial charge in [0.25, 0.3) is 0 Å². The molecule has 90 valence electrons. The second kappa shape index (κ2) is 4.62. The van der Waals surface area contributed by atoms with Crippen molar-refractivity contribution in [3.05, 3.63) is 48.9 Å². The van der Waals surface area contributed by atoms with Crippen LogP contribution in [0.25, 0.3) is 0 Å². The minimum Gasteiger partial charge on any atom is -0.305 e. The van der Waals surface area contributed by atoms with Crippen LogP contribution in [0.15, 0.2) is 53.8 Å². The number of nitrogens with one attached hydrogen (secondary N) is 1. The van der Waals surface area contributed by atoms with Crippen molar-refractivity contribution in [2.75, 3.05) is 6.54 Å². The zero-order valence-electron chi connectivity index (χ0n) is 10.4. The van der Waals surface area contributed by atoms with Crippen molar-refractivity contribution in [2.24, 2.45) is 4.99 Å². The van der Waals surface area contributed by atoms with Crippen molar-refractivity contribution in [3.63, 3.8) is 0 Å². The van der Waals surface area contributed by atoms with E-state index in [4.69, 9.17) is 4.99 Å². The summed E-state index contributed by atoms with van der Waals surface area (Å²) in [6.07, 6.45) is 6.17. The van der Waals surface area contributed by atoms with Crippen molar-refractivity contribution in [3.8, 4) is 0 Å². The smallest absolute Gasteiger partial charge is 0.0913 e. The zero-order chi connectivity index (χ0) is 12.4. The van der Waals surface area contributed by atoms with Crippen molar-refractivity contribution in [2.45, 2.75) is 25.8 Å². The van der Waals surface area contributed by atoms with E-state index in [-0.39, 0.29) is 0 Å². The molecule has 1 aliphatic carbocycles. The highest BCUT2D eigenvalue weighted by Gasteiger charge is 2.26. The number of rotatable bonds is 4. The summed E-state index contributed by atoms with van der Waals surface area (Å²) in [5, 5.41) is 1.95. The predicted molar refractivity (Wildman–Crippen MR) is 72.5 cm³/mol. The molecule has 0 radical (unpaired) electrons. The highest BCUT2D eigenvalue weighted by Crippen LogP contribution is 2.28. The lowest BCUT2D eigenvalue weighted by Gasteiger charge is -2.32. The molecule has 0 bridgehead atoms. The molecule has 0 unspecified atom stereocenters. The van der Waals surface area contributed by atoms with E-state index in [9.17, 15) is 0 Å². The van der Waals surface area contributed by atoms with E-state index < -0.39 is 0 Å².